The zero-order valence-corrected chi connectivity index (χ0v) is 21.4. The Bertz CT molecular complexity index is 1080. The summed E-state index contributed by atoms with van der Waals surface area (Å²) in [6, 6.07) is 3.46. The van der Waals surface area contributed by atoms with Gasteiger partial charge in [-0.05, 0) is 50.7 Å². The van der Waals surface area contributed by atoms with Crippen molar-refractivity contribution in [3.8, 4) is 0 Å². The predicted molar refractivity (Wildman–Crippen MR) is 139 cm³/mol. The number of unbranched alkanes of at least 4 members (excludes halogenated alkanes) is 4. The highest BCUT2D eigenvalue weighted by Crippen LogP contribution is 2.24. The molecule has 1 fully saturated rings. The van der Waals surface area contributed by atoms with Crippen LogP contribution in [0.4, 0.5) is 17.1 Å². The van der Waals surface area contributed by atoms with Crippen molar-refractivity contribution >= 4 is 27.1 Å². The van der Waals surface area contributed by atoms with Gasteiger partial charge in [0.1, 0.15) is 11.4 Å². The van der Waals surface area contributed by atoms with Gasteiger partial charge in [0.25, 0.3) is 10.9 Å². The van der Waals surface area contributed by atoms with Crippen molar-refractivity contribution in [1.82, 2.24) is 9.45 Å². The molecule has 1 saturated carbocycles. The first kappa shape index (κ1) is 27.3. The van der Waals surface area contributed by atoms with Crippen molar-refractivity contribution < 1.29 is 13.3 Å². The highest BCUT2D eigenvalue weighted by molar-refractivity contribution is 7.88. The molecule has 1 aliphatic carbocycles. The SMILES string of the molecule is CCS(=O)(=O)N(CCCCCCCNc1c(Nc2ccncc2)c(=O)c1=O)OCC1CCCCC1. The molecule has 1 aromatic heterocycles. The van der Waals surface area contributed by atoms with E-state index in [-0.39, 0.29) is 5.75 Å². The van der Waals surface area contributed by atoms with Crippen molar-refractivity contribution in [1.29, 1.82) is 0 Å². The molecule has 2 N–H and O–H groups in total. The van der Waals surface area contributed by atoms with Crippen LogP contribution in [0.3, 0.4) is 0 Å². The van der Waals surface area contributed by atoms with E-state index in [4.69, 9.17) is 4.84 Å². The smallest absolute Gasteiger partial charge is 0.253 e. The van der Waals surface area contributed by atoms with E-state index in [0.717, 1.165) is 44.9 Å². The first-order valence-corrected chi connectivity index (χ1v) is 14.4. The summed E-state index contributed by atoms with van der Waals surface area (Å²) in [5, 5.41) is 6.05. The van der Waals surface area contributed by atoms with Crippen LogP contribution in [0.1, 0.15) is 71.1 Å². The van der Waals surface area contributed by atoms with E-state index < -0.39 is 20.9 Å². The fourth-order valence-corrected chi connectivity index (χ4v) is 5.26. The molecule has 9 nitrogen and oxygen atoms in total. The average Bonchev–Trinajstić information content (AvgIpc) is 2.89. The molecule has 0 amide bonds. The van der Waals surface area contributed by atoms with Crippen LogP contribution in [-0.4, -0.2) is 43.3 Å². The molecular formula is C25H38N4O5S. The van der Waals surface area contributed by atoms with Gasteiger partial charge < -0.3 is 10.6 Å². The van der Waals surface area contributed by atoms with Gasteiger partial charge in [-0.2, -0.15) is 0 Å². The molecular weight excluding hydrogens is 468 g/mol. The predicted octanol–water partition coefficient (Wildman–Crippen LogP) is 3.95. The van der Waals surface area contributed by atoms with Crippen LogP contribution in [-0.2, 0) is 14.9 Å². The van der Waals surface area contributed by atoms with Crippen LogP contribution in [0.15, 0.2) is 34.1 Å². The lowest BCUT2D eigenvalue weighted by Crippen LogP contribution is -2.36. The number of hydroxylamine groups is 1. The molecule has 10 heteroatoms. The molecule has 1 aliphatic rings. The Hall–Kier alpha value is -2.30. The summed E-state index contributed by atoms with van der Waals surface area (Å²) in [4.78, 5) is 33.5. The number of nitrogens with zero attached hydrogens (tertiary/aromatic N) is 2. The minimum absolute atomic E-state index is 0.0401. The van der Waals surface area contributed by atoms with Gasteiger partial charge in [-0.3, -0.25) is 19.4 Å². The number of anilines is 3. The summed E-state index contributed by atoms with van der Waals surface area (Å²) in [5.41, 5.74) is 0.333. The minimum Gasteiger partial charge on any atom is -0.380 e. The summed E-state index contributed by atoms with van der Waals surface area (Å²) in [6.45, 7) is 3.11. The standard InChI is InChI=1S/C25H38N4O5S/c1-2-35(32,33)29(34-19-20-11-7-6-8-12-20)18-10-5-3-4-9-15-27-22-23(25(31)24(22)30)28-21-13-16-26-17-14-21/h13-14,16-17,20,27H,2-12,15,18-19H2,1H3,(H,26,28). The van der Waals surface area contributed by atoms with E-state index in [0.29, 0.717) is 42.7 Å². The number of aromatic nitrogens is 1. The third-order valence-corrected chi connectivity index (χ3v) is 8.17. The monoisotopic (exact) mass is 506 g/mol. The third kappa shape index (κ3) is 8.12. The minimum atomic E-state index is -3.38. The maximum Gasteiger partial charge on any atom is 0.253 e. The van der Waals surface area contributed by atoms with E-state index in [9.17, 15) is 18.0 Å². The average molecular weight is 507 g/mol. The van der Waals surface area contributed by atoms with Crippen molar-refractivity contribution in [2.75, 3.05) is 36.1 Å². The van der Waals surface area contributed by atoms with Crippen LogP contribution >= 0.6 is 0 Å². The van der Waals surface area contributed by atoms with Gasteiger partial charge in [-0.15, -0.1) is 0 Å². The molecule has 0 unspecified atom stereocenters. The van der Waals surface area contributed by atoms with Gasteiger partial charge in [0.05, 0.1) is 12.4 Å². The molecule has 0 atom stereocenters. The Kier molecular flexibility index (Phi) is 10.7. The fraction of sp³-hybridized carbons (Fsp3) is 0.640. The van der Waals surface area contributed by atoms with E-state index >= 15 is 0 Å². The van der Waals surface area contributed by atoms with Crippen molar-refractivity contribution in [2.24, 2.45) is 5.92 Å². The molecule has 3 rings (SSSR count). The first-order valence-electron chi connectivity index (χ1n) is 12.8. The van der Waals surface area contributed by atoms with Gasteiger partial charge in [0, 0.05) is 31.2 Å². The molecule has 1 heterocycles. The second kappa shape index (κ2) is 13.7. The third-order valence-electron chi connectivity index (χ3n) is 6.53. The second-order valence-electron chi connectivity index (χ2n) is 9.19. The fourth-order valence-electron chi connectivity index (χ4n) is 4.34. The van der Waals surface area contributed by atoms with E-state index in [1.807, 2.05) is 0 Å². The zero-order valence-electron chi connectivity index (χ0n) is 20.6. The van der Waals surface area contributed by atoms with Gasteiger partial charge >= 0.3 is 0 Å². The molecule has 1 aromatic carbocycles. The topological polar surface area (TPSA) is 118 Å². The van der Waals surface area contributed by atoms with Crippen molar-refractivity contribution in [3.05, 3.63) is 45.0 Å². The molecule has 2 aromatic rings. The van der Waals surface area contributed by atoms with Gasteiger partial charge in [-0.1, -0.05) is 43.0 Å². The van der Waals surface area contributed by atoms with Crippen LogP contribution < -0.4 is 21.5 Å². The molecule has 0 spiro atoms. The molecule has 194 valence electrons. The molecule has 0 bridgehead atoms. The van der Waals surface area contributed by atoms with Crippen LogP contribution in [0.5, 0.6) is 0 Å². The molecule has 0 saturated heterocycles. The van der Waals surface area contributed by atoms with Gasteiger partial charge in [-0.25, -0.2) is 8.42 Å². The second-order valence-corrected chi connectivity index (χ2v) is 11.3. The summed E-state index contributed by atoms with van der Waals surface area (Å²) >= 11 is 0. The molecule has 0 aliphatic heterocycles. The first-order chi connectivity index (χ1) is 16.9. The zero-order chi connectivity index (χ0) is 25.1. The highest BCUT2D eigenvalue weighted by atomic mass is 32.2. The van der Waals surface area contributed by atoms with Crippen LogP contribution in [0.25, 0.3) is 0 Å². The molecule has 35 heavy (non-hydrogen) atoms. The number of pyridine rings is 1. The summed E-state index contributed by atoms with van der Waals surface area (Å²) in [5.74, 6) is 0.498. The van der Waals surface area contributed by atoms with Gasteiger partial charge in [0.15, 0.2) is 0 Å². The van der Waals surface area contributed by atoms with E-state index in [1.54, 1.807) is 31.5 Å². The quantitative estimate of drug-likeness (QED) is 0.200. The number of sulfonamides is 1. The van der Waals surface area contributed by atoms with E-state index in [1.165, 1.54) is 23.7 Å². The Morgan fingerprint density at radius 3 is 2.34 bits per heavy atom. The lowest BCUT2D eigenvalue weighted by molar-refractivity contribution is -0.103. The largest absolute Gasteiger partial charge is 0.380 e. The normalized spacial score (nSPS) is 15.0. The van der Waals surface area contributed by atoms with E-state index in [2.05, 4.69) is 15.6 Å². The Morgan fingerprint density at radius 2 is 1.63 bits per heavy atom. The summed E-state index contributed by atoms with van der Waals surface area (Å²) < 4.78 is 26.0. The lowest BCUT2D eigenvalue weighted by Gasteiger charge is -2.26. The van der Waals surface area contributed by atoms with Gasteiger partial charge in [0.2, 0.25) is 10.0 Å². The lowest BCUT2D eigenvalue weighted by atomic mass is 9.90. The van der Waals surface area contributed by atoms with Crippen molar-refractivity contribution in [2.45, 2.75) is 71.1 Å². The Morgan fingerprint density at radius 1 is 0.971 bits per heavy atom. The summed E-state index contributed by atoms with van der Waals surface area (Å²) in [7, 11) is -3.38. The van der Waals surface area contributed by atoms with Crippen LogP contribution in [0.2, 0.25) is 0 Å². The maximum atomic E-state index is 12.4. The number of hydrogen-bond acceptors (Lipinski definition) is 8. The molecule has 0 radical (unpaired) electrons. The highest BCUT2D eigenvalue weighted by Gasteiger charge is 2.23. The van der Waals surface area contributed by atoms with Crippen LogP contribution in [0, 0.1) is 5.92 Å². The number of hydrogen-bond donors (Lipinski definition) is 2. The Labute approximate surface area is 208 Å². The summed E-state index contributed by atoms with van der Waals surface area (Å²) in [6.07, 6.45) is 13.5. The number of rotatable bonds is 16. The number of nitrogens with one attached hydrogen (secondary N) is 2. The Balaban J connectivity index is 1.32. The van der Waals surface area contributed by atoms with Crippen molar-refractivity contribution in [3.63, 3.8) is 0 Å². The maximum absolute atomic E-state index is 12.4.